The molecule has 1 atom stereocenters. The zero-order chi connectivity index (χ0) is 13.0. The maximum Gasteiger partial charge on any atom is 0.233 e. The molecule has 0 fully saturated rings. The Balaban J connectivity index is 2.16. The average Bonchev–Trinajstić information content (AvgIpc) is 3.01. The second-order valence-corrected chi connectivity index (χ2v) is 5.39. The molecule has 2 heterocycles. The molecule has 2 aromatic heterocycles. The first-order valence-electron chi connectivity index (χ1n) is 5.43. The number of furan rings is 1. The molecule has 4 nitrogen and oxygen atoms in total. The Labute approximate surface area is 114 Å². The van der Waals surface area contributed by atoms with Gasteiger partial charge in [-0.2, -0.15) is 0 Å². The van der Waals surface area contributed by atoms with Gasteiger partial charge >= 0.3 is 0 Å². The summed E-state index contributed by atoms with van der Waals surface area (Å²) in [6, 6.07) is 7.29. The van der Waals surface area contributed by atoms with Crippen LogP contribution in [-0.4, -0.2) is 19.5 Å². The second kappa shape index (κ2) is 6.04. The number of halogens is 1. The molecular formula is C12H13ClN2O2S. The lowest BCUT2D eigenvalue weighted by molar-refractivity contribution is -0.119. The summed E-state index contributed by atoms with van der Waals surface area (Å²) in [5.74, 6) is 0.687. The van der Waals surface area contributed by atoms with Crippen LogP contribution in [0.2, 0.25) is 4.34 Å². The molecule has 96 valence electrons. The number of nitrogens with one attached hydrogen (secondary N) is 2. The van der Waals surface area contributed by atoms with Gasteiger partial charge < -0.3 is 9.73 Å². The Hall–Kier alpha value is -1.30. The van der Waals surface area contributed by atoms with Crippen LogP contribution in [0.4, 0.5) is 0 Å². The Morgan fingerprint density at radius 3 is 2.89 bits per heavy atom. The minimum absolute atomic E-state index is 0.0748. The van der Waals surface area contributed by atoms with E-state index in [2.05, 4.69) is 10.6 Å². The Morgan fingerprint density at radius 1 is 1.50 bits per heavy atom. The standard InChI is InChI=1S/C12H13ClN2O2S/c1-14-11(16)7-15-12(8-3-2-6-17-8)9-4-5-10(13)18-9/h2-6,12,15H,7H2,1H3,(H,14,16). The van der Waals surface area contributed by atoms with Crippen molar-refractivity contribution >= 4 is 28.8 Å². The number of rotatable bonds is 5. The molecule has 0 aliphatic carbocycles. The van der Waals surface area contributed by atoms with Crippen LogP contribution in [0.5, 0.6) is 0 Å². The van der Waals surface area contributed by atoms with E-state index in [9.17, 15) is 4.79 Å². The number of thiophene rings is 1. The predicted molar refractivity (Wildman–Crippen MR) is 71.9 cm³/mol. The van der Waals surface area contributed by atoms with Crippen molar-refractivity contribution in [2.24, 2.45) is 0 Å². The molecule has 2 N–H and O–H groups in total. The molecule has 2 rings (SSSR count). The molecule has 18 heavy (non-hydrogen) atoms. The van der Waals surface area contributed by atoms with Crippen LogP contribution in [0, 0.1) is 0 Å². The van der Waals surface area contributed by atoms with Gasteiger partial charge in [0.25, 0.3) is 0 Å². The average molecular weight is 285 g/mol. The van der Waals surface area contributed by atoms with Crippen LogP contribution in [-0.2, 0) is 4.79 Å². The summed E-state index contributed by atoms with van der Waals surface area (Å²) in [7, 11) is 1.61. The van der Waals surface area contributed by atoms with Crippen molar-refractivity contribution < 1.29 is 9.21 Å². The van der Waals surface area contributed by atoms with Crippen molar-refractivity contribution in [1.82, 2.24) is 10.6 Å². The van der Waals surface area contributed by atoms with Gasteiger partial charge in [-0.1, -0.05) is 11.6 Å². The molecule has 1 unspecified atom stereocenters. The summed E-state index contributed by atoms with van der Waals surface area (Å²) < 4.78 is 6.11. The summed E-state index contributed by atoms with van der Waals surface area (Å²) in [5.41, 5.74) is 0. The van der Waals surface area contributed by atoms with Crippen LogP contribution in [0.1, 0.15) is 16.7 Å². The van der Waals surface area contributed by atoms with Crippen LogP contribution in [0.15, 0.2) is 34.9 Å². The van der Waals surface area contributed by atoms with E-state index in [1.165, 1.54) is 11.3 Å². The third kappa shape index (κ3) is 3.13. The van der Waals surface area contributed by atoms with Crippen molar-refractivity contribution in [1.29, 1.82) is 0 Å². The maximum atomic E-state index is 11.3. The molecule has 6 heteroatoms. The number of hydrogen-bond donors (Lipinski definition) is 2. The van der Waals surface area contributed by atoms with Gasteiger partial charge in [0.05, 0.1) is 17.1 Å². The lowest BCUT2D eigenvalue weighted by Crippen LogP contribution is -2.33. The van der Waals surface area contributed by atoms with Gasteiger partial charge in [0.1, 0.15) is 11.8 Å². The van der Waals surface area contributed by atoms with Gasteiger partial charge in [0.2, 0.25) is 5.91 Å². The predicted octanol–water partition coefficient (Wildman–Crippen LogP) is 2.42. The topological polar surface area (TPSA) is 54.3 Å². The maximum absolute atomic E-state index is 11.3. The minimum Gasteiger partial charge on any atom is -0.467 e. The van der Waals surface area contributed by atoms with Crippen LogP contribution >= 0.6 is 22.9 Å². The fourth-order valence-electron chi connectivity index (χ4n) is 1.56. The van der Waals surface area contributed by atoms with Crippen molar-refractivity contribution in [2.75, 3.05) is 13.6 Å². The summed E-state index contributed by atoms with van der Waals surface area (Å²) >= 11 is 7.40. The molecule has 0 saturated heterocycles. The first-order chi connectivity index (χ1) is 8.70. The fraction of sp³-hybridized carbons (Fsp3) is 0.250. The SMILES string of the molecule is CNC(=O)CNC(c1ccco1)c1ccc(Cl)s1. The first kappa shape index (κ1) is 13.1. The van der Waals surface area contributed by atoms with E-state index in [1.54, 1.807) is 13.3 Å². The van der Waals surface area contributed by atoms with Gasteiger partial charge in [-0.3, -0.25) is 10.1 Å². The molecule has 0 aliphatic rings. The number of amides is 1. The molecule has 0 bridgehead atoms. The smallest absolute Gasteiger partial charge is 0.233 e. The zero-order valence-electron chi connectivity index (χ0n) is 9.77. The first-order valence-corrected chi connectivity index (χ1v) is 6.62. The molecule has 0 aliphatic heterocycles. The summed E-state index contributed by atoms with van der Waals surface area (Å²) in [6.07, 6.45) is 1.61. The van der Waals surface area contributed by atoms with E-state index in [0.29, 0.717) is 4.34 Å². The highest BCUT2D eigenvalue weighted by Crippen LogP contribution is 2.31. The molecule has 1 amide bonds. The van der Waals surface area contributed by atoms with E-state index >= 15 is 0 Å². The fourth-order valence-corrected chi connectivity index (χ4v) is 2.71. The van der Waals surface area contributed by atoms with Crippen molar-refractivity contribution in [3.8, 4) is 0 Å². The van der Waals surface area contributed by atoms with Crippen LogP contribution in [0.25, 0.3) is 0 Å². The van der Waals surface area contributed by atoms with E-state index < -0.39 is 0 Å². The van der Waals surface area contributed by atoms with E-state index in [-0.39, 0.29) is 18.5 Å². The Kier molecular flexibility index (Phi) is 4.41. The third-order valence-electron chi connectivity index (χ3n) is 2.45. The summed E-state index contributed by atoms with van der Waals surface area (Å²) in [6.45, 7) is 0.220. The molecule has 0 radical (unpaired) electrons. The zero-order valence-corrected chi connectivity index (χ0v) is 11.3. The molecule has 0 spiro atoms. The Bertz CT molecular complexity index is 510. The third-order valence-corrected chi connectivity index (χ3v) is 3.75. The molecular weight excluding hydrogens is 272 g/mol. The van der Waals surface area contributed by atoms with Crippen molar-refractivity contribution in [2.45, 2.75) is 6.04 Å². The monoisotopic (exact) mass is 284 g/mol. The van der Waals surface area contributed by atoms with Crippen LogP contribution < -0.4 is 10.6 Å². The van der Waals surface area contributed by atoms with Gasteiger partial charge in [0.15, 0.2) is 0 Å². The lowest BCUT2D eigenvalue weighted by atomic mass is 10.2. The quantitative estimate of drug-likeness (QED) is 0.887. The van der Waals surface area contributed by atoms with Gasteiger partial charge in [-0.15, -0.1) is 11.3 Å². The number of likely N-dealkylation sites (N-methyl/N-ethyl adjacent to an activating group) is 1. The lowest BCUT2D eigenvalue weighted by Gasteiger charge is -2.14. The highest BCUT2D eigenvalue weighted by atomic mass is 35.5. The largest absolute Gasteiger partial charge is 0.467 e. The van der Waals surface area contributed by atoms with E-state index in [1.807, 2.05) is 24.3 Å². The van der Waals surface area contributed by atoms with Gasteiger partial charge in [-0.05, 0) is 24.3 Å². The number of carbonyl (C=O) groups is 1. The molecule has 0 aromatic carbocycles. The van der Waals surface area contributed by atoms with Crippen LogP contribution in [0.3, 0.4) is 0 Å². The second-order valence-electron chi connectivity index (χ2n) is 3.64. The summed E-state index contributed by atoms with van der Waals surface area (Å²) in [4.78, 5) is 12.3. The highest BCUT2D eigenvalue weighted by Gasteiger charge is 2.19. The number of carbonyl (C=O) groups excluding carboxylic acids is 1. The Morgan fingerprint density at radius 2 is 2.33 bits per heavy atom. The van der Waals surface area contributed by atoms with Crippen molar-refractivity contribution in [3.63, 3.8) is 0 Å². The normalized spacial score (nSPS) is 12.3. The highest BCUT2D eigenvalue weighted by molar-refractivity contribution is 7.16. The van der Waals surface area contributed by atoms with Gasteiger partial charge in [0, 0.05) is 11.9 Å². The summed E-state index contributed by atoms with van der Waals surface area (Å²) in [5, 5.41) is 5.72. The van der Waals surface area contributed by atoms with Crippen molar-refractivity contribution in [3.05, 3.63) is 45.5 Å². The van der Waals surface area contributed by atoms with E-state index in [0.717, 1.165) is 10.6 Å². The van der Waals surface area contributed by atoms with E-state index in [4.69, 9.17) is 16.0 Å². The molecule has 2 aromatic rings. The number of hydrogen-bond acceptors (Lipinski definition) is 4. The minimum atomic E-state index is -0.158. The van der Waals surface area contributed by atoms with Gasteiger partial charge in [-0.25, -0.2) is 0 Å². The molecule has 0 saturated carbocycles.